The van der Waals surface area contributed by atoms with Crippen molar-refractivity contribution in [3.63, 3.8) is 0 Å². The van der Waals surface area contributed by atoms with Crippen molar-refractivity contribution in [1.82, 2.24) is 4.57 Å². The molecule has 0 unspecified atom stereocenters. The summed E-state index contributed by atoms with van der Waals surface area (Å²) in [6.07, 6.45) is -4.02. The molecule has 2 aromatic rings. The van der Waals surface area contributed by atoms with Crippen LogP contribution in [0.4, 0.5) is 22.0 Å². The molecule has 3 rings (SSSR count). The monoisotopic (exact) mass is 317 g/mol. The maximum atomic E-state index is 13.5. The lowest BCUT2D eigenvalue weighted by atomic mass is 9.91. The zero-order valence-corrected chi connectivity index (χ0v) is 11.2. The number of benzene rings is 1. The lowest BCUT2D eigenvalue weighted by Gasteiger charge is -2.28. The first kappa shape index (κ1) is 15.0. The molecule has 1 aliphatic carbocycles. The Balaban J connectivity index is 2.07. The quantitative estimate of drug-likeness (QED) is 0.826. The van der Waals surface area contributed by atoms with Gasteiger partial charge in [-0.25, -0.2) is 22.0 Å². The van der Waals surface area contributed by atoms with Crippen LogP contribution in [-0.2, 0) is 6.42 Å². The first-order chi connectivity index (χ1) is 10.3. The molecule has 1 heterocycles. The van der Waals surface area contributed by atoms with Crippen LogP contribution in [0.5, 0.6) is 0 Å². The Morgan fingerprint density at radius 3 is 2.64 bits per heavy atom. The van der Waals surface area contributed by atoms with E-state index >= 15 is 0 Å². The van der Waals surface area contributed by atoms with Gasteiger partial charge < -0.3 is 9.67 Å². The molecule has 1 aromatic carbocycles. The highest BCUT2D eigenvalue weighted by atomic mass is 19.3. The topological polar surface area (TPSA) is 25.2 Å². The van der Waals surface area contributed by atoms with E-state index in [4.69, 9.17) is 0 Å². The van der Waals surface area contributed by atoms with Gasteiger partial charge in [-0.15, -0.1) is 0 Å². The van der Waals surface area contributed by atoms with Crippen LogP contribution < -0.4 is 0 Å². The van der Waals surface area contributed by atoms with Gasteiger partial charge in [0.25, 0.3) is 12.3 Å². The Bertz CT molecular complexity index is 710. The number of fused-ring (bicyclic) bond motifs is 1. The lowest BCUT2D eigenvalue weighted by Crippen LogP contribution is -2.31. The van der Waals surface area contributed by atoms with E-state index in [1.165, 1.54) is 22.9 Å². The summed E-state index contributed by atoms with van der Waals surface area (Å²) in [7, 11) is 0. The third kappa shape index (κ3) is 2.29. The van der Waals surface area contributed by atoms with Crippen LogP contribution >= 0.6 is 0 Å². The number of aliphatic hydroxyl groups is 1. The van der Waals surface area contributed by atoms with Gasteiger partial charge in [-0.3, -0.25) is 0 Å². The molecular formula is C15H12F5NO. The summed E-state index contributed by atoms with van der Waals surface area (Å²) in [5, 5.41) is 9.69. The van der Waals surface area contributed by atoms with Crippen molar-refractivity contribution < 1.29 is 27.1 Å². The maximum absolute atomic E-state index is 13.5. The zero-order chi connectivity index (χ0) is 16.1. The van der Waals surface area contributed by atoms with E-state index in [0.717, 1.165) is 12.1 Å². The molecule has 1 atom stereocenters. The number of aromatic nitrogens is 1. The summed E-state index contributed by atoms with van der Waals surface area (Å²) in [6.45, 7) is 0. The zero-order valence-electron chi connectivity index (χ0n) is 11.2. The molecule has 7 heteroatoms. The second-order valence-corrected chi connectivity index (χ2v) is 5.26. The van der Waals surface area contributed by atoms with Gasteiger partial charge in [-0.05, 0) is 30.7 Å². The molecule has 0 radical (unpaired) electrons. The van der Waals surface area contributed by atoms with Crippen LogP contribution in [0.25, 0.3) is 5.69 Å². The van der Waals surface area contributed by atoms with Crippen LogP contribution in [0, 0.1) is 5.82 Å². The summed E-state index contributed by atoms with van der Waals surface area (Å²) in [4.78, 5) is 0. The van der Waals surface area contributed by atoms with Gasteiger partial charge in [0.1, 0.15) is 11.9 Å². The number of rotatable bonds is 2. The van der Waals surface area contributed by atoms with Crippen molar-refractivity contribution in [1.29, 1.82) is 0 Å². The second-order valence-electron chi connectivity index (χ2n) is 5.26. The highest BCUT2D eigenvalue weighted by Crippen LogP contribution is 2.42. The van der Waals surface area contributed by atoms with Crippen LogP contribution in [0.3, 0.4) is 0 Å². The highest BCUT2D eigenvalue weighted by Gasteiger charge is 2.44. The van der Waals surface area contributed by atoms with E-state index in [1.54, 1.807) is 0 Å². The summed E-state index contributed by atoms with van der Waals surface area (Å²) in [6, 6.07) is 4.52. The van der Waals surface area contributed by atoms with E-state index in [0.29, 0.717) is 5.69 Å². The van der Waals surface area contributed by atoms with Crippen molar-refractivity contribution >= 4 is 0 Å². The number of halogens is 5. The molecule has 2 nitrogen and oxygen atoms in total. The highest BCUT2D eigenvalue weighted by molar-refractivity contribution is 5.43. The summed E-state index contributed by atoms with van der Waals surface area (Å²) in [5.74, 6) is -4.23. The van der Waals surface area contributed by atoms with Crippen molar-refractivity contribution in [2.24, 2.45) is 0 Å². The first-order valence-corrected chi connectivity index (χ1v) is 6.65. The van der Waals surface area contributed by atoms with Crippen molar-refractivity contribution in [3.8, 4) is 5.69 Å². The Labute approximate surface area is 122 Å². The molecule has 1 aromatic heterocycles. The van der Waals surface area contributed by atoms with Crippen LogP contribution in [0.1, 0.15) is 35.8 Å². The van der Waals surface area contributed by atoms with Gasteiger partial charge >= 0.3 is 0 Å². The van der Waals surface area contributed by atoms with E-state index in [2.05, 4.69) is 0 Å². The predicted molar refractivity (Wildman–Crippen MR) is 68.9 cm³/mol. The predicted octanol–water partition coefficient (Wildman–Crippen LogP) is 4.17. The number of nitrogens with zero attached hydrogens (tertiary/aromatic N) is 1. The first-order valence-electron chi connectivity index (χ1n) is 6.65. The van der Waals surface area contributed by atoms with E-state index in [9.17, 15) is 27.1 Å². The van der Waals surface area contributed by atoms with Crippen LogP contribution in [0.15, 0.2) is 30.5 Å². The van der Waals surface area contributed by atoms with Gasteiger partial charge in [0.2, 0.25) is 0 Å². The minimum absolute atomic E-state index is 0.00617. The van der Waals surface area contributed by atoms with Gasteiger partial charge in [0.05, 0.1) is 5.56 Å². The Kier molecular flexibility index (Phi) is 3.47. The van der Waals surface area contributed by atoms with Gasteiger partial charge in [0, 0.05) is 29.6 Å². The second kappa shape index (κ2) is 5.08. The van der Waals surface area contributed by atoms with Crippen molar-refractivity contribution in [3.05, 3.63) is 53.1 Å². The lowest BCUT2D eigenvalue weighted by molar-refractivity contribution is -0.121. The molecule has 0 amide bonds. The van der Waals surface area contributed by atoms with E-state index < -0.39 is 36.3 Å². The number of aliphatic hydroxyl groups excluding tert-OH is 1. The number of hydrogen-bond acceptors (Lipinski definition) is 1. The van der Waals surface area contributed by atoms with E-state index in [-0.39, 0.29) is 17.7 Å². The molecule has 0 bridgehead atoms. The van der Waals surface area contributed by atoms with Gasteiger partial charge in [0.15, 0.2) is 0 Å². The minimum Gasteiger partial charge on any atom is -0.382 e. The Morgan fingerprint density at radius 2 is 1.95 bits per heavy atom. The fraction of sp³-hybridized carbons (Fsp3) is 0.333. The molecule has 0 aliphatic heterocycles. The average molecular weight is 317 g/mol. The molecular weight excluding hydrogens is 305 g/mol. The molecule has 118 valence electrons. The third-order valence-corrected chi connectivity index (χ3v) is 3.91. The fourth-order valence-electron chi connectivity index (χ4n) is 2.73. The third-order valence-electron chi connectivity index (χ3n) is 3.91. The standard InChI is InChI=1S/C15H12F5NO/c16-11-2-1-8(7-10(11)14(17)18)21-6-4-9-12(21)3-5-15(19,20)13(9)22/h1-2,4,6-7,13-14,22H,3,5H2/t13-/m0/s1. The largest absolute Gasteiger partial charge is 0.382 e. The molecule has 0 fully saturated rings. The fourth-order valence-corrected chi connectivity index (χ4v) is 2.73. The molecule has 1 N–H and O–H groups in total. The SMILES string of the molecule is O[C@H]1c2ccn(-c3ccc(F)c(C(F)F)c3)c2CCC1(F)F. The van der Waals surface area contributed by atoms with Crippen molar-refractivity contribution in [2.45, 2.75) is 31.3 Å². The maximum Gasteiger partial charge on any atom is 0.278 e. The summed E-state index contributed by atoms with van der Waals surface area (Å²) in [5.41, 5.74) is -0.0126. The van der Waals surface area contributed by atoms with Crippen LogP contribution in [0.2, 0.25) is 0 Å². The number of alkyl halides is 4. The molecule has 0 spiro atoms. The molecule has 0 saturated carbocycles. The Hall–Kier alpha value is -1.89. The molecule has 1 aliphatic rings. The molecule has 22 heavy (non-hydrogen) atoms. The summed E-state index contributed by atoms with van der Waals surface area (Å²) >= 11 is 0. The Morgan fingerprint density at radius 1 is 1.23 bits per heavy atom. The smallest absolute Gasteiger partial charge is 0.278 e. The summed E-state index contributed by atoms with van der Waals surface area (Å²) < 4.78 is 67.3. The average Bonchev–Trinajstić information content (AvgIpc) is 2.88. The number of hydrogen-bond donors (Lipinski definition) is 1. The van der Waals surface area contributed by atoms with E-state index in [1.807, 2.05) is 0 Å². The minimum atomic E-state index is -3.21. The molecule has 0 saturated heterocycles. The van der Waals surface area contributed by atoms with Crippen molar-refractivity contribution in [2.75, 3.05) is 0 Å². The van der Waals surface area contributed by atoms with Crippen LogP contribution in [-0.4, -0.2) is 15.6 Å². The normalized spacial score (nSPS) is 20.2. The van der Waals surface area contributed by atoms with Gasteiger partial charge in [-0.1, -0.05) is 0 Å². The van der Waals surface area contributed by atoms with Gasteiger partial charge in [-0.2, -0.15) is 0 Å².